The number of aliphatic imine (C=N–C) groups is 1. The molecule has 4 heteroatoms. The summed E-state index contributed by atoms with van der Waals surface area (Å²) in [4.78, 5) is 18.0. The lowest BCUT2D eigenvalue weighted by atomic mass is 10.1. The minimum absolute atomic E-state index is 0.178. The highest BCUT2D eigenvalue weighted by molar-refractivity contribution is 6.47. The Morgan fingerprint density at radius 1 is 1.10 bits per heavy atom. The molecule has 0 spiro atoms. The van der Waals surface area contributed by atoms with Crippen molar-refractivity contribution in [2.75, 3.05) is 18.0 Å². The Kier molecular flexibility index (Phi) is 4.74. The lowest BCUT2D eigenvalue weighted by molar-refractivity contribution is -0.110. The van der Waals surface area contributed by atoms with Crippen LogP contribution >= 0.6 is 11.6 Å². The number of nitrogens with zero attached hydrogens (tertiary/aromatic N) is 2. The fraction of sp³-hybridized carbons (Fsp3) is 0.250. The minimum Gasteiger partial charge on any atom is -0.372 e. The third-order valence-corrected chi connectivity index (χ3v) is 3.45. The molecule has 0 unspecified atom stereocenters. The van der Waals surface area contributed by atoms with E-state index in [1.807, 2.05) is 12.1 Å². The van der Waals surface area contributed by atoms with Gasteiger partial charge in [-0.25, -0.2) is 4.99 Å². The molecule has 2 rings (SSSR count). The van der Waals surface area contributed by atoms with Gasteiger partial charge in [-0.15, -0.1) is 0 Å². The molecule has 0 bridgehead atoms. The largest absolute Gasteiger partial charge is 0.372 e. The molecule has 0 saturated heterocycles. The summed E-state index contributed by atoms with van der Waals surface area (Å²) in [6.45, 7) is 6.23. The van der Waals surface area contributed by atoms with E-state index in [-0.39, 0.29) is 10.8 Å². The molecule has 3 nitrogen and oxygen atoms in total. The van der Waals surface area contributed by atoms with Gasteiger partial charge in [0.1, 0.15) is 0 Å². The van der Waals surface area contributed by atoms with Gasteiger partial charge in [-0.2, -0.15) is 0 Å². The van der Waals surface area contributed by atoms with Gasteiger partial charge in [0.05, 0.1) is 16.4 Å². The summed E-state index contributed by atoms with van der Waals surface area (Å²) >= 11 is 5.81. The van der Waals surface area contributed by atoms with Crippen LogP contribution in [-0.4, -0.2) is 24.6 Å². The van der Waals surface area contributed by atoms with E-state index in [0.29, 0.717) is 5.71 Å². The maximum atomic E-state index is 11.2. The predicted octanol–water partition coefficient (Wildman–Crippen LogP) is 3.87. The van der Waals surface area contributed by atoms with Crippen molar-refractivity contribution in [3.05, 3.63) is 47.5 Å². The van der Waals surface area contributed by atoms with Crippen LogP contribution < -0.4 is 4.90 Å². The summed E-state index contributed by atoms with van der Waals surface area (Å²) in [5, 5.41) is 0.200. The van der Waals surface area contributed by atoms with Crippen molar-refractivity contribution in [1.82, 2.24) is 0 Å². The highest BCUT2D eigenvalue weighted by Crippen LogP contribution is 2.21. The van der Waals surface area contributed by atoms with Crippen LogP contribution in [0.5, 0.6) is 0 Å². The molecule has 0 saturated carbocycles. The number of hydrogen-bond donors (Lipinski definition) is 0. The molecule has 1 aromatic rings. The lowest BCUT2D eigenvalue weighted by Gasteiger charge is -2.20. The average molecular weight is 289 g/mol. The second-order valence-corrected chi connectivity index (χ2v) is 4.82. The summed E-state index contributed by atoms with van der Waals surface area (Å²) < 4.78 is 0. The Hall–Kier alpha value is -1.87. The number of allylic oxidation sites excluding steroid dienone is 4. The Labute approximate surface area is 124 Å². The quantitative estimate of drug-likeness (QED) is 0.788. The van der Waals surface area contributed by atoms with Crippen LogP contribution in [0.1, 0.15) is 13.8 Å². The highest BCUT2D eigenvalue weighted by Gasteiger charge is 2.09. The molecule has 0 aromatic heterocycles. The van der Waals surface area contributed by atoms with E-state index in [2.05, 4.69) is 35.9 Å². The second-order valence-electron chi connectivity index (χ2n) is 4.42. The van der Waals surface area contributed by atoms with Gasteiger partial charge in [0.15, 0.2) is 5.78 Å². The summed E-state index contributed by atoms with van der Waals surface area (Å²) in [7, 11) is 0. The van der Waals surface area contributed by atoms with E-state index in [1.54, 1.807) is 12.2 Å². The van der Waals surface area contributed by atoms with Gasteiger partial charge < -0.3 is 4.90 Å². The molecule has 104 valence electrons. The van der Waals surface area contributed by atoms with Gasteiger partial charge in [0, 0.05) is 18.8 Å². The van der Waals surface area contributed by atoms with Crippen molar-refractivity contribution < 1.29 is 4.79 Å². The van der Waals surface area contributed by atoms with E-state index in [0.717, 1.165) is 18.8 Å². The topological polar surface area (TPSA) is 32.7 Å². The highest BCUT2D eigenvalue weighted by atomic mass is 35.5. The molecule has 20 heavy (non-hydrogen) atoms. The smallest absolute Gasteiger partial charge is 0.197 e. The van der Waals surface area contributed by atoms with Crippen molar-refractivity contribution >= 4 is 34.5 Å². The first-order valence-corrected chi connectivity index (χ1v) is 7.05. The van der Waals surface area contributed by atoms with Gasteiger partial charge in [-0.3, -0.25) is 4.79 Å². The van der Waals surface area contributed by atoms with E-state index >= 15 is 0 Å². The first-order valence-electron chi connectivity index (χ1n) is 6.67. The van der Waals surface area contributed by atoms with Crippen LogP contribution in [0.3, 0.4) is 0 Å². The van der Waals surface area contributed by atoms with Crippen LogP contribution in [0.2, 0.25) is 0 Å². The van der Waals surface area contributed by atoms with Gasteiger partial charge in [0.2, 0.25) is 0 Å². The van der Waals surface area contributed by atoms with Crippen LogP contribution in [0.4, 0.5) is 11.4 Å². The van der Waals surface area contributed by atoms with Gasteiger partial charge >= 0.3 is 0 Å². The number of hydrogen-bond acceptors (Lipinski definition) is 3. The monoisotopic (exact) mass is 288 g/mol. The van der Waals surface area contributed by atoms with E-state index < -0.39 is 0 Å². The van der Waals surface area contributed by atoms with Crippen LogP contribution in [0, 0.1) is 0 Å². The third-order valence-electron chi connectivity index (χ3n) is 3.15. The molecule has 0 aliphatic heterocycles. The van der Waals surface area contributed by atoms with E-state index in [4.69, 9.17) is 11.6 Å². The number of halogens is 1. The maximum Gasteiger partial charge on any atom is 0.197 e. The zero-order valence-corrected chi connectivity index (χ0v) is 12.4. The molecular weight excluding hydrogens is 272 g/mol. The van der Waals surface area contributed by atoms with Crippen molar-refractivity contribution in [3.8, 4) is 0 Å². The molecule has 0 atom stereocenters. The number of carbonyl (C=O) groups excluding carboxylic acids is 1. The minimum atomic E-state index is -0.178. The summed E-state index contributed by atoms with van der Waals surface area (Å²) in [5.41, 5.74) is 2.71. The van der Waals surface area contributed by atoms with Crippen molar-refractivity contribution in [2.45, 2.75) is 13.8 Å². The van der Waals surface area contributed by atoms with E-state index in [1.165, 1.54) is 11.8 Å². The number of benzene rings is 1. The molecule has 0 N–H and O–H groups in total. The first-order chi connectivity index (χ1) is 9.63. The number of ketones is 1. The molecule has 0 amide bonds. The van der Waals surface area contributed by atoms with Crippen LogP contribution in [-0.2, 0) is 4.79 Å². The third kappa shape index (κ3) is 3.36. The van der Waals surface area contributed by atoms with Gasteiger partial charge in [-0.1, -0.05) is 11.6 Å². The molecule has 0 heterocycles. The summed E-state index contributed by atoms with van der Waals surface area (Å²) in [5.74, 6) is -0.178. The Morgan fingerprint density at radius 2 is 1.75 bits per heavy atom. The van der Waals surface area contributed by atoms with E-state index in [9.17, 15) is 4.79 Å². The Morgan fingerprint density at radius 3 is 2.30 bits per heavy atom. The summed E-state index contributed by atoms with van der Waals surface area (Å²) in [6.07, 6.45) is 4.69. The molecule has 0 radical (unpaired) electrons. The molecular formula is C16H17ClN2O. The second kappa shape index (κ2) is 6.53. The fourth-order valence-corrected chi connectivity index (χ4v) is 2.21. The molecule has 0 fully saturated rings. The number of anilines is 1. The zero-order valence-electron chi connectivity index (χ0n) is 11.6. The van der Waals surface area contributed by atoms with Gasteiger partial charge in [0.25, 0.3) is 0 Å². The van der Waals surface area contributed by atoms with Crippen molar-refractivity contribution in [1.29, 1.82) is 0 Å². The lowest BCUT2D eigenvalue weighted by Crippen LogP contribution is -2.21. The average Bonchev–Trinajstić information content (AvgIpc) is 2.46. The van der Waals surface area contributed by atoms with Crippen molar-refractivity contribution in [2.24, 2.45) is 4.99 Å². The SMILES string of the molecule is CCN(CC)c1ccc(N=C2C=CC(=O)C(Cl)=C2)cc1. The number of carbonyl (C=O) groups is 1. The molecule has 1 aliphatic carbocycles. The maximum absolute atomic E-state index is 11.2. The first kappa shape index (κ1) is 14.5. The Balaban J connectivity index is 2.19. The normalized spacial score (nSPS) is 16.4. The van der Waals surface area contributed by atoms with Crippen LogP contribution in [0.15, 0.2) is 52.5 Å². The zero-order chi connectivity index (χ0) is 14.5. The number of rotatable bonds is 4. The van der Waals surface area contributed by atoms with Crippen molar-refractivity contribution in [3.63, 3.8) is 0 Å². The summed E-state index contributed by atoms with van der Waals surface area (Å²) in [6, 6.07) is 8.03. The fourth-order valence-electron chi connectivity index (χ4n) is 2.04. The molecule has 1 aromatic carbocycles. The van der Waals surface area contributed by atoms with Crippen LogP contribution in [0.25, 0.3) is 0 Å². The standard InChI is InChI=1S/C16H17ClN2O/c1-3-19(4-2)14-8-5-12(6-9-14)18-13-7-10-16(20)15(17)11-13/h5-11H,3-4H2,1-2H3. The van der Waals surface area contributed by atoms with Gasteiger partial charge in [-0.05, 0) is 56.3 Å². The molecule has 1 aliphatic rings. The Bertz CT molecular complexity index is 581. The predicted molar refractivity (Wildman–Crippen MR) is 85.2 cm³/mol.